The topological polar surface area (TPSA) is 95.9 Å². The van der Waals surface area contributed by atoms with E-state index in [-0.39, 0.29) is 18.5 Å². The molecular formula is C73H139NO5. The zero-order valence-electron chi connectivity index (χ0n) is 53.4. The van der Waals surface area contributed by atoms with Gasteiger partial charge in [-0.2, -0.15) is 0 Å². The zero-order chi connectivity index (χ0) is 57.1. The molecule has 0 fully saturated rings. The van der Waals surface area contributed by atoms with Crippen LogP contribution in [0.3, 0.4) is 0 Å². The monoisotopic (exact) mass is 1110 g/mol. The van der Waals surface area contributed by atoms with E-state index in [2.05, 4.69) is 43.5 Å². The van der Waals surface area contributed by atoms with Crippen LogP contribution in [0.25, 0.3) is 0 Å². The number of hydrogen-bond donors (Lipinski definition) is 3. The number of esters is 1. The fourth-order valence-corrected chi connectivity index (χ4v) is 11.1. The molecule has 0 radical (unpaired) electrons. The fraction of sp³-hybridized carbons (Fsp3) is 0.890. The van der Waals surface area contributed by atoms with Gasteiger partial charge in [0.1, 0.15) is 0 Å². The van der Waals surface area contributed by atoms with E-state index in [0.717, 1.165) is 44.9 Å². The number of nitrogens with one attached hydrogen (secondary N) is 1. The second-order valence-electron chi connectivity index (χ2n) is 24.6. The molecule has 0 aromatic carbocycles. The summed E-state index contributed by atoms with van der Waals surface area (Å²) in [6, 6.07) is -0.629. The largest absolute Gasteiger partial charge is 0.466 e. The molecule has 2 unspecified atom stereocenters. The van der Waals surface area contributed by atoms with E-state index in [1.165, 1.54) is 321 Å². The molecule has 0 spiro atoms. The number of aliphatic hydroxyl groups is 2. The van der Waals surface area contributed by atoms with Gasteiger partial charge in [-0.3, -0.25) is 9.59 Å². The molecule has 0 saturated carbocycles. The second-order valence-corrected chi connectivity index (χ2v) is 24.6. The molecule has 0 aliphatic carbocycles. The van der Waals surface area contributed by atoms with Crippen molar-refractivity contribution in [1.82, 2.24) is 5.32 Å². The standard InChI is InChI=1S/C73H139NO5/c1-3-5-7-9-11-13-15-16-17-18-19-20-30-33-36-39-42-46-49-53-57-61-65-71(76)70(69-75)74-72(77)66-62-58-54-50-47-43-40-37-34-31-28-26-24-22-21-23-25-27-29-32-35-38-41-44-48-52-56-60-64-68-79-73(78)67-63-59-55-51-45-14-12-10-8-6-4-2/h10,12,21,23,61,65,70-71,75-76H,3-9,11,13-20,22,24-60,62-64,66-69H2,1-2H3,(H,74,77)/b12-10-,23-21-,65-61+. The van der Waals surface area contributed by atoms with Crippen LogP contribution in [0.1, 0.15) is 393 Å². The van der Waals surface area contributed by atoms with E-state index in [9.17, 15) is 19.8 Å². The molecule has 6 nitrogen and oxygen atoms in total. The molecule has 0 rings (SSSR count). The van der Waals surface area contributed by atoms with Crippen LogP contribution in [0.15, 0.2) is 36.5 Å². The highest BCUT2D eigenvalue weighted by Gasteiger charge is 2.18. The highest BCUT2D eigenvalue weighted by molar-refractivity contribution is 5.76. The molecule has 0 bridgehead atoms. The SMILES string of the molecule is CCCC/C=C\CCCCCCCC(=O)OCCCCCCCCCCCCCC/C=C\CCCCCCCCCCCCCCCC(=O)NC(CO)C(O)/C=C/CCCCCCCCCCCCCCCCCCCCCC. The maximum absolute atomic E-state index is 12.5. The summed E-state index contributed by atoms with van der Waals surface area (Å²) in [5, 5.41) is 23.3. The first-order chi connectivity index (χ1) is 39.0. The summed E-state index contributed by atoms with van der Waals surface area (Å²) < 4.78 is 5.47. The van der Waals surface area contributed by atoms with Crippen LogP contribution in [0.2, 0.25) is 0 Å². The number of carbonyl (C=O) groups excluding carboxylic acids is 2. The smallest absolute Gasteiger partial charge is 0.305 e. The fourth-order valence-electron chi connectivity index (χ4n) is 11.1. The van der Waals surface area contributed by atoms with E-state index >= 15 is 0 Å². The maximum Gasteiger partial charge on any atom is 0.305 e. The van der Waals surface area contributed by atoms with Crippen molar-refractivity contribution < 1.29 is 24.5 Å². The second kappa shape index (κ2) is 68.6. The summed E-state index contributed by atoms with van der Waals surface area (Å²) in [4.78, 5) is 24.5. The molecule has 466 valence electrons. The molecule has 2 atom stereocenters. The van der Waals surface area contributed by atoms with Crippen molar-refractivity contribution in [2.75, 3.05) is 13.2 Å². The average Bonchev–Trinajstić information content (AvgIpc) is 3.45. The van der Waals surface area contributed by atoms with Gasteiger partial charge < -0.3 is 20.3 Å². The summed E-state index contributed by atoms with van der Waals surface area (Å²) >= 11 is 0. The zero-order valence-corrected chi connectivity index (χ0v) is 53.4. The molecule has 0 aliphatic heterocycles. The van der Waals surface area contributed by atoms with Crippen molar-refractivity contribution in [2.45, 2.75) is 405 Å². The number of carbonyl (C=O) groups is 2. The minimum absolute atomic E-state index is 0.00536. The quantitative estimate of drug-likeness (QED) is 0.0320. The van der Waals surface area contributed by atoms with E-state index < -0.39 is 12.1 Å². The highest BCUT2D eigenvalue weighted by Crippen LogP contribution is 2.18. The van der Waals surface area contributed by atoms with Crippen molar-refractivity contribution in [3.63, 3.8) is 0 Å². The molecule has 0 aromatic heterocycles. The Morgan fingerprint density at radius 2 is 0.608 bits per heavy atom. The number of aliphatic hydroxyl groups excluding tert-OH is 2. The molecule has 0 aliphatic rings. The van der Waals surface area contributed by atoms with Crippen molar-refractivity contribution in [3.8, 4) is 0 Å². The summed E-state index contributed by atoms with van der Waals surface area (Å²) in [5.74, 6) is -0.0579. The van der Waals surface area contributed by atoms with Crippen LogP contribution in [-0.4, -0.2) is 47.4 Å². The van der Waals surface area contributed by atoms with E-state index in [4.69, 9.17) is 4.74 Å². The molecule has 0 saturated heterocycles. The third-order valence-electron chi connectivity index (χ3n) is 16.6. The molecule has 0 heterocycles. The Kier molecular flexibility index (Phi) is 66.9. The molecule has 1 amide bonds. The average molecular weight is 1110 g/mol. The van der Waals surface area contributed by atoms with Gasteiger partial charge >= 0.3 is 5.97 Å². The lowest BCUT2D eigenvalue weighted by Gasteiger charge is -2.20. The van der Waals surface area contributed by atoms with Gasteiger partial charge in [0.2, 0.25) is 5.91 Å². The predicted molar refractivity (Wildman–Crippen MR) is 347 cm³/mol. The minimum Gasteiger partial charge on any atom is -0.466 e. The lowest BCUT2D eigenvalue weighted by Crippen LogP contribution is -2.45. The number of allylic oxidation sites excluding steroid dienone is 5. The van der Waals surface area contributed by atoms with Crippen LogP contribution in [-0.2, 0) is 14.3 Å². The highest BCUT2D eigenvalue weighted by atomic mass is 16.5. The third kappa shape index (κ3) is 65.1. The normalized spacial score (nSPS) is 12.7. The number of hydrogen-bond acceptors (Lipinski definition) is 5. The van der Waals surface area contributed by atoms with Gasteiger partial charge in [-0.05, 0) is 77.0 Å². The number of amides is 1. The summed E-state index contributed by atoms with van der Waals surface area (Å²) in [6.45, 7) is 4.90. The Balaban J connectivity index is 3.41. The van der Waals surface area contributed by atoms with Crippen molar-refractivity contribution in [3.05, 3.63) is 36.5 Å². The summed E-state index contributed by atoms with van der Waals surface area (Å²) in [6.07, 6.45) is 88.0. The lowest BCUT2D eigenvalue weighted by molar-refractivity contribution is -0.143. The Hall–Kier alpha value is -1.92. The molecule has 0 aromatic rings. The molecule has 3 N–H and O–H groups in total. The Morgan fingerprint density at radius 3 is 0.937 bits per heavy atom. The van der Waals surface area contributed by atoms with Crippen LogP contribution < -0.4 is 5.32 Å². The summed E-state index contributed by atoms with van der Waals surface area (Å²) in [7, 11) is 0. The van der Waals surface area contributed by atoms with Crippen molar-refractivity contribution in [2.24, 2.45) is 0 Å². The first-order valence-corrected chi connectivity index (χ1v) is 35.8. The van der Waals surface area contributed by atoms with Gasteiger partial charge in [0, 0.05) is 12.8 Å². The first kappa shape index (κ1) is 77.1. The minimum atomic E-state index is -0.845. The first-order valence-electron chi connectivity index (χ1n) is 35.8. The number of unbranched alkanes of at least 4 members (excludes halogenated alkanes) is 52. The van der Waals surface area contributed by atoms with Gasteiger partial charge in [-0.1, -0.05) is 339 Å². The Bertz CT molecular complexity index is 1280. The molecule has 6 heteroatoms. The molecular weight excluding hydrogens is 971 g/mol. The number of ether oxygens (including phenoxy) is 1. The third-order valence-corrected chi connectivity index (χ3v) is 16.6. The van der Waals surface area contributed by atoms with Crippen LogP contribution in [0, 0.1) is 0 Å². The van der Waals surface area contributed by atoms with Gasteiger partial charge in [0.15, 0.2) is 0 Å². The van der Waals surface area contributed by atoms with E-state index in [0.29, 0.717) is 19.4 Å². The van der Waals surface area contributed by atoms with Crippen LogP contribution in [0.4, 0.5) is 0 Å². The van der Waals surface area contributed by atoms with E-state index in [1.54, 1.807) is 6.08 Å². The molecule has 79 heavy (non-hydrogen) atoms. The maximum atomic E-state index is 12.5. The van der Waals surface area contributed by atoms with Crippen LogP contribution >= 0.6 is 0 Å². The van der Waals surface area contributed by atoms with Gasteiger partial charge in [0.05, 0.1) is 25.4 Å². The van der Waals surface area contributed by atoms with Crippen molar-refractivity contribution in [1.29, 1.82) is 0 Å². The summed E-state index contributed by atoms with van der Waals surface area (Å²) in [5.41, 5.74) is 0. The van der Waals surface area contributed by atoms with Crippen LogP contribution in [0.5, 0.6) is 0 Å². The lowest BCUT2D eigenvalue weighted by atomic mass is 10.0. The van der Waals surface area contributed by atoms with Gasteiger partial charge in [-0.25, -0.2) is 0 Å². The predicted octanol–water partition coefficient (Wildman–Crippen LogP) is 23.1. The van der Waals surface area contributed by atoms with Crippen molar-refractivity contribution >= 4 is 11.9 Å². The Morgan fingerprint density at radius 1 is 0.342 bits per heavy atom. The van der Waals surface area contributed by atoms with E-state index in [1.807, 2.05) is 6.08 Å². The number of rotatable bonds is 67. The van der Waals surface area contributed by atoms with Gasteiger partial charge in [0.25, 0.3) is 0 Å². The van der Waals surface area contributed by atoms with Gasteiger partial charge in [-0.15, -0.1) is 0 Å². The Labute approximate surface area is 494 Å².